The molecule has 2 radical (unpaired) electrons. The number of hydrogen-bond acceptors (Lipinski definition) is 6. The normalized spacial score (nSPS) is 17.4. The fourth-order valence-electron chi connectivity index (χ4n) is 5.80. The van der Waals surface area contributed by atoms with E-state index < -0.39 is 11.8 Å². The summed E-state index contributed by atoms with van der Waals surface area (Å²) in [5.74, 6) is 0.556. The van der Waals surface area contributed by atoms with Crippen LogP contribution in [0.5, 0.6) is 5.75 Å². The molecule has 3 aromatic carbocycles. The molecule has 2 aliphatic rings. The van der Waals surface area contributed by atoms with Crippen molar-refractivity contribution in [1.29, 1.82) is 5.26 Å². The molecule has 1 N–H and O–H groups in total. The number of likely N-dealkylation sites (tertiary alicyclic amines) is 1. The van der Waals surface area contributed by atoms with Crippen molar-refractivity contribution < 1.29 is 23.8 Å². The highest BCUT2D eigenvalue weighted by Gasteiger charge is 2.24. The van der Waals surface area contributed by atoms with Gasteiger partial charge in [0.05, 0.1) is 28.7 Å². The van der Waals surface area contributed by atoms with Gasteiger partial charge < -0.3 is 19.1 Å². The summed E-state index contributed by atoms with van der Waals surface area (Å²) in [5, 5.41) is 18.8. The zero-order valence-electron chi connectivity index (χ0n) is 23.8. The average Bonchev–Trinajstić information content (AvgIpc) is 3.33. The lowest BCUT2D eigenvalue weighted by Gasteiger charge is -2.32. The molecular formula is C33H33FN4O4Si. The van der Waals surface area contributed by atoms with E-state index in [4.69, 9.17) is 14.5 Å². The molecule has 0 bridgehead atoms. The van der Waals surface area contributed by atoms with Crippen LogP contribution < -0.4 is 4.74 Å². The number of fused-ring (bicyclic) bond motifs is 1. The smallest absolute Gasteiger partial charge is 0.335 e. The summed E-state index contributed by atoms with van der Waals surface area (Å²) < 4.78 is 27.1. The van der Waals surface area contributed by atoms with Gasteiger partial charge in [0, 0.05) is 18.5 Å². The van der Waals surface area contributed by atoms with Crippen LogP contribution in [0.25, 0.3) is 11.0 Å². The van der Waals surface area contributed by atoms with Crippen LogP contribution >= 0.6 is 0 Å². The number of piperidine rings is 1. The van der Waals surface area contributed by atoms with Gasteiger partial charge in [0.1, 0.15) is 39.6 Å². The van der Waals surface area contributed by atoms with E-state index >= 15 is 0 Å². The fraction of sp³-hybridized carbons (Fsp3) is 0.364. The van der Waals surface area contributed by atoms with Crippen LogP contribution in [0.3, 0.4) is 0 Å². The number of halogens is 1. The molecule has 1 aromatic heterocycles. The Morgan fingerprint density at radius 1 is 1.12 bits per heavy atom. The zero-order chi connectivity index (χ0) is 29.8. The monoisotopic (exact) mass is 596 g/mol. The van der Waals surface area contributed by atoms with Crippen molar-refractivity contribution in [1.82, 2.24) is 14.5 Å². The Balaban J connectivity index is 1.06. The minimum absolute atomic E-state index is 0.191. The Hall–Kier alpha value is -4.04. The van der Waals surface area contributed by atoms with Gasteiger partial charge in [-0.05, 0) is 92.2 Å². The summed E-state index contributed by atoms with van der Waals surface area (Å²) in [6.45, 7) is 3.83. The largest absolute Gasteiger partial charge is 0.488 e. The van der Waals surface area contributed by atoms with Crippen LogP contribution in [-0.2, 0) is 30.5 Å². The van der Waals surface area contributed by atoms with Gasteiger partial charge in [0.25, 0.3) is 0 Å². The van der Waals surface area contributed by atoms with Gasteiger partial charge in [0.2, 0.25) is 0 Å². The molecule has 3 heterocycles. The van der Waals surface area contributed by atoms with E-state index in [1.807, 2.05) is 24.3 Å². The lowest BCUT2D eigenvalue weighted by Crippen LogP contribution is -2.36. The maximum absolute atomic E-state index is 13.4. The molecule has 2 aliphatic heterocycles. The number of nitriles is 1. The SMILES string of the molecule is N#Cc1cc(F)ccc1OCc1cccc(CC2CCN(Cc3nc4ccc(C(=O)O)cc4n3C[Si]C3CCO3)CC2)c1. The number of carboxylic acids is 1. The summed E-state index contributed by atoms with van der Waals surface area (Å²) in [4.78, 5) is 19.0. The number of carbonyl (C=O) groups is 1. The number of imidazole rings is 1. The van der Waals surface area contributed by atoms with Crippen LogP contribution in [0.15, 0.2) is 60.7 Å². The van der Waals surface area contributed by atoms with Crippen molar-refractivity contribution in [2.45, 2.75) is 50.7 Å². The summed E-state index contributed by atoms with van der Waals surface area (Å²) >= 11 is 0. The number of nitrogens with zero attached hydrogens (tertiary/aromatic N) is 4. The third kappa shape index (κ3) is 6.96. The van der Waals surface area contributed by atoms with Crippen LogP contribution in [0.1, 0.15) is 52.1 Å². The minimum Gasteiger partial charge on any atom is -0.488 e. The summed E-state index contributed by atoms with van der Waals surface area (Å²) in [6, 6.07) is 19.5. The second-order valence-corrected chi connectivity index (χ2v) is 12.6. The van der Waals surface area contributed by atoms with E-state index in [1.165, 1.54) is 23.8 Å². The number of ether oxygens (including phenoxy) is 2. The van der Waals surface area contributed by atoms with Crippen molar-refractivity contribution in [3.05, 3.63) is 94.6 Å². The van der Waals surface area contributed by atoms with Crippen molar-refractivity contribution in [3.63, 3.8) is 0 Å². The maximum Gasteiger partial charge on any atom is 0.335 e. The third-order valence-corrected chi connectivity index (χ3v) is 9.70. The Kier molecular flexibility index (Phi) is 8.84. The maximum atomic E-state index is 13.4. The van der Waals surface area contributed by atoms with Crippen LogP contribution in [0, 0.1) is 23.1 Å². The molecule has 0 saturated carbocycles. The summed E-state index contributed by atoms with van der Waals surface area (Å²) in [5.41, 5.74) is 4.76. The first-order valence-corrected chi connectivity index (χ1v) is 15.9. The first-order valence-electron chi connectivity index (χ1n) is 14.7. The van der Waals surface area contributed by atoms with E-state index in [9.17, 15) is 19.6 Å². The van der Waals surface area contributed by atoms with E-state index in [-0.39, 0.29) is 11.1 Å². The molecule has 2 fully saturated rings. The second kappa shape index (κ2) is 13.1. The third-order valence-electron chi connectivity index (χ3n) is 8.29. The highest BCUT2D eigenvalue weighted by molar-refractivity contribution is 6.36. The molecule has 0 amide bonds. The molecule has 8 nitrogen and oxygen atoms in total. The average molecular weight is 597 g/mol. The molecule has 1 unspecified atom stereocenters. The second-order valence-electron chi connectivity index (χ2n) is 11.3. The summed E-state index contributed by atoms with van der Waals surface area (Å²) in [7, 11) is 0.616. The van der Waals surface area contributed by atoms with Crippen LogP contribution in [0.4, 0.5) is 4.39 Å². The summed E-state index contributed by atoms with van der Waals surface area (Å²) in [6.07, 6.45) is 5.03. The standard InChI is InChI=1S/C33H33FN4O4Si/c34-27-5-7-30(26(16-27)18-35)42-20-24-3-1-2-23(15-24)14-22-8-11-37(12-9-22)19-31-36-28-6-4-25(33(39)40)17-29(28)38(31)21-43-32-10-13-41-32/h1-7,15-17,22,32H,8-14,19-21H2,(H,39,40). The van der Waals surface area contributed by atoms with E-state index in [0.29, 0.717) is 33.5 Å². The molecule has 0 spiro atoms. The van der Waals surface area contributed by atoms with E-state index in [0.717, 1.165) is 80.5 Å². The van der Waals surface area contributed by atoms with Gasteiger partial charge in [0.15, 0.2) is 0 Å². The Bertz CT molecular complexity index is 1660. The van der Waals surface area contributed by atoms with E-state index in [2.05, 4.69) is 21.6 Å². The first kappa shape index (κ1) is 29.0. The number of aromatic nitrogens is 2. The number of carboxylic acid groups (broad SMARTS) is 1. The number of rotatable bonds is 11. The van der Waals surface area contributed by atoms with E-state index in [1.54, 1.807) is 12.1 Å². The first-order chi connectivity index (χ1) is 20.9. The van der Waals surface area contributed by atoms with Crippen LogP contribution in [-0.4, -0.2) is 60.5 Å². The van der Waals surface area contributed by atoms with Crippen molar-refractivity contribution in [3.8, 4) is 11.8 Å². The highest BCUT2D eigenvalue weighted by atomic mass is 28.2. The van der Waals surface area contributed by atoms with Crippen molar-refractivity contribution in [2.75, 3.05) is 19.7 Å². The highest BCUT2D eigenvalue weighted by Crippen LogP contribution is 2.26. The van der Waals surface area contributed by atoms with Gasteiger partial charge in [-0.15, -0.1) is 0 Å². The molecule has 0 aliphatic carbocycles. The fourth-order valence-corrected chi connectivity index (χ4v) is 7.09. The molecule has 10 heteroatoms. The zero-order valence-corrected chi connectivity index (χ0v) is 24.8. The Morgan fingerprint density at radius 3 is 2.67 bits per heavy atom. The molecule has 220 valence electrons. The number of aromatic carboxylic acids is 1. The molecule has 43 heavy (non-hydrogen) atoms. The van der Waals surface area contributed by atoms with Gasteiger partial charge in [-0.25, -0.2) is 14.2 Å². The minimum atomic E-state index is -0.929. The van der Waals surface area contributed by atoms with Gasteiger partial charge in [-0.3, -0.25) is 4.90 Å². The lowest BCUT2D eigenvalue weighted by atomic mass is 9.89. The molecule has 4 aromatic rings. The van der Waals surface area contributed by atoms with Gasteiger partial charge in [-0.1, -0.05) is 24.3 Å². The number of hydrogen-bond donors (Lipinski definition) is 1. The van der Waals surface area contributed by atoms with Crippen molar-refractivity contribution in [2.24, 2.45) is 5.92 Å². The number of benzene rings is 3. The molecule has 2 saturated heterocycles. The Labute approximate surface area is 252 Å². The predicted octanol–water partition coefficient (Wildman–Crippen LogP) is 5.19. The predicted molar refractivity (Wildman–Crippen MR) is 160 cm³/mol. The lowest BCUT2D eigenvalue weighted by molar-refractivity contribution is 0.000850. The van der Waals surface area contributed by atoms with Crippen molar-refractivity contribution >= 4 is 26.5 Å². The van der Waals surface area contributed by atoms with Gasteiger partial charge >= 0.3 is 5.97 Å². The molecule has 6 rings (SSSR count). The Morgan fingerprint density at radius 2 is 1.93 bits per heavy atom. The van der Waals surface area contributed by atoms with Crippen LogP contribution in [0.2, 0.25) is 0 Å². The molecular weight excluding hydrogens is 563 g/mol. The topological polar surface area (TPSA) is 101 Å². The quantitative estimate of drug-likeness (QED) is 0.238. The molecule has 1 atom stereocenters. The van der Waals surface area contributed by atoms with Gasteiger partial charge in [-0.2, -0.15) is 5.26 Å².